The Labute approximate surface area is 123 Å². The zero-order valence-corrected chi connectivity index (χ0v) is 11.9. The fourth-order valence-corrected chi connectivity index (χ4v) is 1.92. The molecule has 2 rings (SSSR count). The smallest absolute Gasteiger partial charge is 0.261 e. The van der Waals surface area contributed by atoms with E-state index in [1.807, 2.05) is 25.1 Å². The topological polar surface area (TPSA) is 38.3 Å². The van der Waals surface area contributed by atoms with E-state index in [-0.39, 0.29) is 18.3 Å². The van der Waals surface area contributed by atoms with Gasteiger partial charge in [-0.05, 0) is 24.6 Å². The number of hydrogen-bond donors (Lipinski definition) is 1. The Morgan fingerprint density at radius 2 is 1.81 bits per heavy atom. The molecule has 0 aliphatic heterocycles. The first kappa shape index (κ1) is 15.0. The molecule has 2 aromatic rings. The van der Waals surface area contributed by atoms with E-state index < -0.39 is 6.10 Å². The van der Waals surface area contributed by atoms with Gasteiger partial charge in [0.2, 0.25) is 0 Å². The van der Waals surface area contributed by atoms with Crippen LogP contribution in [-0.2, 0) is 11.3 Å². The van der Waals surface area contributed by atoms with Crippen LogP contribution in [0.3, 0.4) is 0 Å². The molecule has 2 aromatic carbocycles. The summed E-state index contributed by atoms with van der Waals surface area (Å²) in [5.74, 6) is 0.0739. The highest BCUT2D eigenvalue weighted by molar-refractivity contribution is 5.81. The number of carbonyl (C=O) groups is 1. The monoisotopic (exact) mass is 287 g/mol. The molecule has 0 heterocycles. The van der Waals surface area contributed by atoms with E-state index >= 15 is 0 Å². The van der Waals surface area contributed by atoms with E-state index in [0.717, 1.165) is 0 Å². The molecule has 3 nitrogen and oxygen atoms in total. The SMILES string of the molecule is CCC(Oc1ccccc1)C(=O)NCc1ccccc1F. The maximum atomic E-state index is 13.5. The van der Waals surface area contributed by atoms with Crippen molar-refractivity contribution in [3.8, 4) is 5.75 Å². The summed E-state index contributed by atoms with van der Waals surface area (Å²) in [6.07, 6.45) is -0.0444. The van der Waals surface area contributed by atoms with E-state index in [0.29, 0.717) is 17.7 Å². The zero-order valence-electron chi connectivity index (χ0n) is 11.9. The van der Waals surface area contributed by atoms with Crippen molar-refractivity contribution in [1.29, 1.82) is 0 Å². The molecule has 1 atom stereocenters. The first-order chi connectivity index (χ1) is 10.2. The lowest BCUT2D eigenvalue weighted by atomic mass is 10.2. The largest absolute Gasteiger partial charge is 0.481 e. The van der Waals surface area contributed by atoms with Crippen LogP contribution in [0.5, 0.6) is 5.75 Å². The molecule has 0 aromatic heterocycles. The van der Waals surface area contributed by atoms with Gasteiger partial charge in [0.05, 0.1) is 0 Å². The number of carbonyl (C=O) groups excluding carboxylic acids is 1. The molecular formula is C17H18FNO2. The van der Waals surface area contributed by atoms with Gasteiger partial charge in [-0.3, -0.25) is 4.79 Å². The molecule has 110 valence electrons. The molecule has 0 aliphatic carbocycles. The van der Waals surface area contributed by atoms with Crippen molar-refractivity contribution in [2.75, 3.05) is 0 Å². The van der Waals surface area contributed by atoms with Crippen LogP contribution in [0.25, 0.3) is 0 Å². The van der Waals surface area contributed by atoms with E-state index in [9.17, 15) is 9.18 Å². The first-order valence-electron chi connectivity index (χ1n) is 6.93. The van der Waals surface area contributed by atoms with Crippen molar-refractivity contribution in [2.45, 2.75) is 26.0 Å². The zero-order chi connectivity index (χ0) is 15.1. The molecule has 4 heteroatoms. The Hall–Kier alpha value is -2.36. The van der Waals surface area contributed by atoms with Crippen molar-refractivity contribution in [2.24, 2.45) is 0 Å². The minimum Gasteiger partial charge on any atom is -0.481 e. The predicted molar refractivity (Wildman–Crippen MR) is 79.4 cm³/mol. The maximum Gasteiger partial charge on any atom is 0.261 e. The first-order valence-corrected chi connectivity index (χ1v) is 6.93. The standard InChI is InChI=1S/C17H18FNO2/c1-2-16(21-14-9-4-3-5-10-14)17(20)19-12-13-8-6-7-11-15(13)18/h3-11,16H,2,12H2,1H3,(H,19,20). The summed E-state index contributed by atoms with van der Waals surface area (Å²) in [6, 6.07) is 15.6. The Morgan fingerprint density at radius 1 is 1.14 bits per heavy atom. The van der Waals surface area contributed by atoms with E-state index in [2.05, 4.69) is 5.32 Å². The molecule has 1 amide bonds. The average Bonchev–Trinajstić information content (AvgIpc) is 2.52. The average molecular weight is 287 g/mol. The molecule has 0 aliphatic rings. The van der Waals surface area contributed by atoms with Gasteiger partial charge in [0.1, 0.15) is 11.6 Å². The predicted octanol–water partition coefficient (Wildman–Crippen LogP) is 3.30. The lowest BCUT2D eigenvalue weighted by Gasteiger charge is -2.17. The summed E-state index contributed by atoms with van der Waals surface area (Å²) in [5, 5.41) is 2.71. The summed E-state index contributed by atoms with van der Waals surface area (Å²) in [5.41, 5.74) is 0.459. The molecule has 0 fully saturated rings. The lowest BCUT2D eigenvalue weighted by Crippen LogP contribution is -2.37. The number of amides is 1. The van der Waals surface area contributed by atoms with Crippen LogP contribution in [0.4, 0.5) is 4.39 Å². The van der Waals surface area contributed by atoms with Gasteiger partial charge in [-0.2, -0.15) is 0 Å². The number of nitrogens with one attached hydrogen (secondary N) is 1. The van der Waals surface area contributed by atoms with Crippen LogP contribution in [0, 0.1) is 5.82 Å². The highest BCUT2D eigenvalue weighted by atomic mass is 19.1. The van der Waals surface area contributed by atoms with Crippen LogP contribution in [0.1, 0.15) is 18.9 Å². The molecule has 0 bridgehead atoms. The fraction of sp³-hybridized carbons (Fsp3) is 0.235. The summed E-state index contributed by atoms with van der Waals surface area (Å²) >= 11 is 0. The Morgan fingerprint density at radius 3 is 2.48 bits per heavy atom. The number of hydrogen-bond acceptors (Lipinski definition) is 2. The van der Waals surface area contributed by atoms with Gasteiger partial charge in [0.15, 0.2) is 6.10 Å². The van der Waals surface area contributed by atoms with Crippen molar-refractivity contribution >= 4 is 5.91 Å². The van der Waals surface area contributed by atoms with Crippen molar-refractivity contribution in [3.05, 3.63) is 66.0 Å². The third-order valence-corrected chi connectivity index (χ3v) is 3.10. The van der Waals surface area contributed by atoms with E-state index in [1.165, 1.54) is 6.07 Å². The molecule has 0 radical (unpaired) electrons. The second kappa shape index (κ2) is 7.43. The Kier molecular flexibility index (Phi) is 5.32. The highest BCUT2D eigenvalue weighted by Crippen LogP contribution is 2.13. The van der Waals surface area contributed by atoms with E-state index in [1.54, 1.807) is 30.3 Å². The quantitative estimate of drug-likeness (QED) is 0.885. The van der Waals surface area contributed by atoms with Gasteiger partial charge in [-0.15, -0.1) is 0 Å². The van der Waals surface area contributed by atoms with Crippen molar-refractivity contribution in [1.82, 2.24) is 5.32 Å². The van der Waals surface area contributed by atoms with Gasteiger partial charge < -0.3 is 10.1 Å². The molecular weight excluding hydrogens is 269 g/mol. The second-order valence-corrected chi connectivity index (χ2v) is 4.64. The van der Waals surface area contributed by atoms with E-state index in [4.69, 9.17) is 4.74 Å². The summed E-state index contributed by atoms with van der Waals surface area (Å²) in [4.78, 5) is 12.1. The van der Waals surface area contributed by atoms with Gasteiger partial charge in [0, 0.05) is 12.1 Å². The van der Waals surface area contributed by atoms with Crippen LogP contribution >= 0.6 is 0 Å². The third-order valence-electron chi connectivity index (χ3n) is 3.10. The van der Waals surface area contributed by atoms with Gasteiger partial charge in [-0.25, -0.2) is 4.39 Å². The molecule has 1 unspecified atom stereocenters. The summed E-state index contributed by atoms with van der Waals surface area (Å²) in [7, 11) is 0. The number of para-hydroxylation sites is 1. The number of rotatable bonds is 6. The molecule has 0 saturated heterocycles. The molecule has 21 heavy (non-hydrogen) atoms. The van der Waals surface area contributed by atoms with Gasteiger partial charge in [0.25, 0.3) is 5.91 Å². The Bertz CT molecular complexity index is 586. The highest BCUT2D eigenvalue weighted by Gasteiger charge is 2.18. The molecule has 1 N–H and O–H groups in total. The minimum absolute atomic E-state index is 0.153. The number of ether oxygens (including phenoxy) is 1. The molecule has 0 spiro atoms. The fourth-order valence-electron chi connectivity index (χ4n) is 1.92. The van der Waals surface area contributed by atoms with Gasteiger partial charge >= 0.3 is 0 Å². The minimum atomic E-state index is -0.584. The van der Waals surface area contributed by atoms with Gasteiger partial charge in [-0.1, -0.05) is 43.3 Å². The van der Waals surface area contributed by atoms with Crippen molar-refractivity contribution in [3.63, 3.8) is 0 Å². The number of halogens is 1. The van der Waals surface area contributed by atoms with Crippen LogP contribution in [-0.4, -0.2) is 12.0 Å². The molecule has 0 saturated carbocycles. The normalized spacial score (nSPS) is 11.7. The second-order valence-electron chi connectivity index (χ2n) is 4.64. The summed E-state index contributed by atoms with van der Waals surface area (Å²) in [6.45, 7) is 2.02. The number of benzene rings is 2. The van der Waals surface area contributed by atoms with Crippen LogP contribution in [0.15, 0.2) is 54.6 Å². The third kappa shape index (κ3) is 4.31. The van der Waals surface area contributed by atoms with Crippen LogP contribution < -0.4 is 10.1 Å². The van der Waals surface area contributed by atoms with Crippen LogP contribution in [0.2, 0.25) is 0 Å². The summed E-state index contributed by atoms with van der Waals surface area (Å²) < 4.78 is 19.1. The van der Waals surface area contributed by atoms with Crippen molar-refractivity contribution < 1.29 is 13.9 Å². The maximum absolute atomic E-state index is 13.5. The Balaban J connectivity index is 1.93. The lowest BCUT2D eigenvalue weighted by molar-refractivity contribution is -0.128.